The Morgan fingerprint density at radius 3 is 2.55 bits per heavy atom. The lowest BCUT2D eigenvalue weighted by Crippen LogP contribution is -2.56. The van der Waals surface area contributed by atoms with Crippen LogP contribution in [0.2, 0.25) is 0 Å². The van der Waals surface area contributed by atoms with Crippen LogP contribution in [0.5, 0.6) is 0 Å². The number of halogens is 1. The number of nitrogens with two attached hydrogens (primary N) is 1. The topological polar surface area (TPSA) is 72.2 Å². The van der Waals surface area contributed by atoms with Crippen molar-refractivity contribution >= 4 is 11.8 Å². The number of hydrogen-bond acceptors (Lipinski definition) is 2. The van der Waals surface area contributed by atoms with Crippen LogP contribution in [0.25, 0.3) is 0 Å². The van der Waals surface area contributed by atoms with Gasteiger partial charge < -0.3 is 11.1 Å². The number of carbonyl (C=O) groups excluding carboxylic acids is 2. The van der Waals surface area contributed by atoms with E-state index in [1.165, 1.54) is 6.07 Å². The van der Waals surface area contributed by atoms with Gasteiger partial charge in [0.1, 0.15) is 11.4 Å². The molecular formula is C17H23FN2O2. The molecule has 1 saturated carbocycles. The molecule has 0 aromatic heterocycles. The van der Waals surface area contributed by atoms with Crippen molar-refractivity contribution in [3.63, 3.8) is 0 Å². The molecule has 0 saturated heterocycles. The zero-order valence-electron chi connectivity index (χ0n) is 12.9. The molecule has 1 aromatic carbocycles. The molecule has 22 heavy (non-hydrogen) atoms. The van der Waals surface area contributed by atoms with E-state index in [2.05, 4.69) is 5.32 Å². The number of rotatable bonds is 6. The predicted octanol–water partition coefficient (Wildman–Crippen LogP) is 2.31. The van der Waals surface area contributed by atoms with Gasteiger partial charge in [0, 0.05) is 5.92 Å². The number of nitrogens with one attached hydrogen (secondary N) is 1. The molecule has 1 aliphatic rings. The molecule has 120 valence electrons. The number of hydrogen-bond donors (Lipinski definition) is 2. The van der Waals surface area contributed by atoms with Gasteiger partial charge in [0.05, 0.1) is 0 Å². The summed E-state index contributed by atoms with van der Waals surface area (Å²) in [6, 6.07) is 6.57. The average Bonchev–Trinajstić information content (AvgIpc) is 2.96. The van der Waals surface area contributed by atoms with Crippen molar-refractivity contribution < 1.29 is 14.0 Å². The van der Waals surface area contributed by atoms with Gasteiger partial charge in [0.25, 0.3) is 0 Å². The SMILES string of the molecule is C[C@@H](CCc1ccccc1F)C(=O)NC1(C(N)=O)CCCC1. The van der Waals surface area contributed by atoms with Gasteiger partial charge >= 0.3 is 0 Å². The van der Waals surface area contributed by atoms with Gasteiger partial charge in [-0.2, -0.15) is 0 Å². The maximum absolute atomic E-state index is 13.6. The van der Waals surface area contributed by atoms with Crippen LogP contribution in [-0.4, -0.2) is 17.4 Å². The quantitative estimate of drug-likeness (QED) is 0.846. The Hall–Kier alpha value is -1.91. The smallest absolute Gasteiger partial charge is 0.243 e. The summed E-state index contributed by atoms with van der Waals surface area (Å²) in [4.78, 5) is 24.0. The van der Waals surface area contributed by atoms with Crippen molar-refractivity contribution in [2.75, 3.05) is 0 Å². The first-order valence-corrected chi connectivity index (χ1v) is 7.80. The van der Waals surface area contributed by atoms with E-state index >= 15 is 0 Å². The van der Waals surface area contributed by atoms with Crippen LogP contribution in [0.15, 0.2) is 24.3 Å². The Kier molecular flexibility index (Phi) is 5.16. The van der Waals surface area contributed by atoms with Crippen molar-refractivity contribution in [1.29, 1.82) is 0 Å². The molecule has 5 heteroatoms. The van der Waals surface area contributed by atoms with E-state index in [9.17, 15) is 14.0 Å². The van der Waals surface area contributed by atoms with Crippen molar-refractivity contribution in [2.45, 2.75) is 51.0 Å². The van der Waals surface area contributed by atoms with Gasteiger partial charge in [-0.25, -0.2) is 4.39 Å². The predicted molar refractivity (Wildman–Crippen MR) is 82.4 cm³/mol. The summed E-state index contributed by atoms with van der Waals surface area (Å²) in [5, 5.41) is 2.84. The Morgan fingerprint density at radius 1 is 1.32 bits per heavy atom. The molecule has 0 radical (unpaired) electrons. The molecule has 2 rings (SSSR count). The van der Waals surface area contributed by atoms with Crippen LogP contribution in [0.1, 0.15) is 44.6 Å². The van der Waals surface area contributed by atoms with Crippen molar-refractivity contribution in [3.05, 3.63) is 35.6 Å². The first kappa shape index (κ1) is 16.5. The van der Waals surface area contributed by atoms with Crippen LogP contribution in [0.3, 0.4) is 0 Å². The second-order valence-electron chi connectivity index (χ2n) is 6.17. The third-order valence-electron chi connectivity index (χ3n) is 4.54. The van der Waals surface area contributed by atoms with E-state index in [0.29, 0.717) is 31.2 Å². The standard InChI is InChI=1S/C17H23FN2O2/c1-12(8-9-13-6-2-3-7-14(13)18)15(21)20-17(16(19)22)10-4-5-11-17/h2-3,6-7,12H,4-5,8-11H2,1H3,(H2,19,22)(H,20,21)/t12-/m0/s1. The number of amides is 2. The third kappa shape index (κ3) is 3.64. The lowest BCUT2D eigenvalue weighted by molar-refractivity contribution is -0.133. The van der Waals surface area contributed by atoms with Crippen molar-refractivity contribution in [3.8, 4) is 0 Å². The van der Waals surface area contributed by atoms with Crippen LogP contribution >= 0.6 is 0 Å². The summed E-state index contributed by atoms with van der Waals surface area (Å²) in [6.45, 7) is 1.79. The highest BCUT2D eigenvalue weighted by atomic mass is 19.1. The Bertz CT molecular complexity index is 553. The van der Waals surface area contributed by atoms with Crippen molar-refractivity contribution in [2.24, 2.45) is 11.7 Å². The minimum absolute atomic E-state index is 0.183. The summed E-state index contributed by atoms with van der Waals surface area (Å²) < 4.78 is 13.6. The zero-order valence-corrected chi connectivity index (χ0v) is 12.9. The summed E-state index contributed by atoms with van der Waals surface area (Å²) in [5.41, 5.74) is 5.18. The molecule has 1 fully saturated rings. The summed E-state index contributed by atoms with van der Waals surface area (Å²) in [7, 11) is 0. The van der Waals surface area contributed by atoms with Crippen LogP contribution in [0.4, 0.5) is 4.39 Å². The molecule has 0 heterocycles. The van der Waals surface area contributed by atoms with Crippen LogP contribution in [0, 0.1) is 11.7 Å². The minimum Gasteiger partial charge on any atom is -0.368 e. The molecular weight excluding hydrogens is 283 g/mol. The van der Waals surface area contributed by atoms with E-state index in [1.54, 1.807) is 25.1 Å². The van der Waals surface area contributed by atoms with E-state index in [-0.39, 0.29) is 17.6 Å². The largest absolute Gasteiger partial charge is 0.368 e. The third-order valence-corrected chi connectivity index (χ3v) is 4.54. The summed E-state index contributed by atoms with van der Waals surface area (Å²) >= 11 is 0. The summed E-state index contributed by atoms with van der Waals surface area (Å²) in [6.07, 6.45) is 4.02. The van der Waals surface area contributed by atoms with Gasteiger partial charge in [0.15, 0.2) is 0 Å². The molecule has 1 aliphatic carbocycles. The van der Waals surface area contributed by atoms with Gasteiger partial charge in [-0.3, -0.25) is 9.59 Å². The van der Waals surface area contributed by atoms with E-state index in [0.717, 1.165) is 12.8 Å². The monoisotopic (exact) mass is 306 g/mol. The highest BCUT2D eigenvalue weighted by Gasteiger charge is 2.41. The fourth-order valence-electron chi connectivity index (χ4n) is 2.97. The molecule has 2 amide bonds. The highest BCUT2D eigenvalue weighted by Crippen LogP contribution is 2.30. The Balaban J connectivity index is 1.92. The number of aryl methyl sites for hydroxylation is 1. The van der Waals surface area contributed by atoms with E-state index in [1.807, 2.05) is 0 Å². The van der Waals surface area contributed by atoms with E-state index in [4.69, 9.17) is 5.73 Å². The molecule has 3 N–H and O–H groups in total. The minimum atomic E-state index is -0.886. The Labute approximate surface area is 130 Å². The van der Waals surface area contributed by atoms with Gasteiger partial charge in [-0.15, -0.1) is 0 Å². The molecule has 0 bridgehead atoms. The number of carbonyl (C=O) groups is 2. The average molecular weight is 306 g/mol. The Morgan fingerprint density at radius 2 is 1.95 bits per heavy atom. The first-order chi connectivity index (χ1) is 10.4. The van der Waals surface area contributed by atoms with Crippen LogP contribution in [-0.2, 0) is 16.0 Å². The van der Waals surface area contributed by atoms with Crippen molar-refractivity contribution in [1.82, 2.24) is 5.32 Å². The maximum atomic E-state index is 13.6. The fraction of sp³-hybridized carbons (Fsp3) is 0.529. The molecule has 0 aliphatic heterocycles. The van der Waals surface area contributed by atoms with Gasteiger partial charge in [0.2, 0.25) is 11.8 Å². The molecule has 0 spiro atoms. The second kappa shape index (κ2) is 6.90. The fourth-order valence-corrected chi connectivity index (χ4v) is 2.97. The van der Waals surface area contributed by atoms with Gasteiger partial charge in [-0.1, -0.05) is 38.0 Å². The van der Waals surface area contributed by atoms with Gasteiger partial charge in [-0.05, 0) is 37.3 Å². The van der Waals surface area contributed by atoms with E-state index < -0.39 is 11.4 Å². The second-order valence-corrected chi connectivity index (χ2v) is 6.17. The molecule has 1 aromatic rings. The lowest BCUT2D eigenvalue weighted by Gasteiger charge is -2.28. The normalized spacial score (nSPS) is 17.9. The highest BCUT2D eigenvalue weighted by molar-refractivity contribution is 5.91. The summed E-state index contributed by atoms with van der Waals surface area (Å²) in [5.74, 6) is -1.19. The molecule has 1 atom stereocenters. The van der Waals surface area contributed by atoms with Crippen LogP contribution < -0.4 is 11.1 Å². The molecule has 4 nitrogen and oxygen atoms in total. The number of benzene rings is 1. The lowest BCUT2D eigenvalue weighted by atomic mass is 9.94. The number of primary amides is 1. The zero-order chi connectivity index (χ0) is 16.2. The maximum Gasteiger partial charge on any atom is 0.243 e. The molecule has 0 unspecified atom stereocenters. The first-order valence-electron chi connectivity index (χ1n) is 7.80.